The summed E-state index contributed by atoms with van der Waals surface area (Å²) in [6.07, 6.45) is 0.919. The molecular weight excluding hydrogens is 218 g/mol. The van der Waals surface area contributed by atoms with Crippen molar-refractivity contribution in [3.63, 3.8) is 0 Å². The molecule has 0 aliphatic carbocycles. The van der Waals surface area contributed by atoms with Crippen LogP contribution in [0.2, 0.25) is 0 Å². The molecule has 1 amide bonds. The first-order chi connectivity index (χ1) is 8.02. The van der Waals surface area contributed by atoms with Gasteiger partial charge in [0.1, 0.15) is 0 Å². The summed E-state index contributed by atoms with van der Waals surface area (Å²) in [6.45, 7) is 7.04. The van der Waals surface area contributed by atoms with E-state index >= 15 is 0 Å². The summed E-state index contributed by atoms with van der Waals surface area (Å²) >= 11 is 0. The highest BCUT2D eigenvalue weighted by Crippen LogP contribution is 2.04. The van der Waals surface area contributed by atoms with Gasteiger partial charge in [0.2, 0.25) is 5.91 Å². The van der Waals surface area contributed by atoms with Crippen molar-refractivity contribution >= 4 is 5.91 Å². The Bertz CT molecular complexity index is 212. The number of likely N-dealkylation sites (N-methyl/N-ethyl adjacent to an activating group) is 1. The number of hydrogen-bond donors (Lipinski definition) is 2. The lowest BCUT2D eigenvalue weighted by molar-refractivity contribution is -0.123. The zero-order chi connectivity index (χ0) is 13.3. The maximum atomic E-state index is 11.7. The number of carbonyl (C=O) groups is 1. The molecule has 0 spiro atoms. The van der Waals surface area contributed by atoms with E-state index in [1.54, 1.807) is 7.11 Å². The molecule has 5 heteroatoms. The predicted octanol–water partition coefficient (Wildman–Crippen LogP) is 0.0542. The van der Waals surface area contributed by atoms with Crippen LogP contribution in [0.5, 0.6) is 0 Å². The van der Waals surface area contributed by atoms with Crippen molar-refractivity contribution in [2.45, 2.75) is 26.3 Å². The minimum absolute atomic E-state index is 0.0560. The first kappa shape index (κ1) is 16.4. The van der Waals surface area contributed by atoms with Crippen LogP contribution in [0.25, 0.3) is 0 Å². The summed E-state index contributed by atoms with van der Waals surface area (Å²) in [5, 5.41) is 2.86. The predicted molar refractivity (Wildman–Crippen MR) is 69.8 cm³/mol. The molecule has 0 fully saturated rings. The van der Waals surface area contributed by atoms with Gasteiger partial charge in [0.25, 0.3) is 0 Å². The molecule has 5 nitrogen and oxygen atoms in total. The second-order valence-electron chi connectivity index (χ2n) is 4.50. The number of hydrogen-bond acceptors (Lipinski definition) is 4. The number of nitrogens with two attached hydrogens (primary N) is 1. The fourth-order valence-electron chi connectivity index (χ4n) is 1.36. The van der Waals surface area contributed by atoms with Crippen LogP contribution in [0.3, 0.4) is 0 Å². The van der Waals surface area contributed by atoms with Crippen molar-refractivity contribution in [3.05, 3.63) is 0 Å². The Labute approximate surface area is 105 Å². The van der Waals surface area contributed by atoms with Crippen LogP contribution in [0, 0.1) is 5.92 Å². The van der Waals surface area contributed by atoms with E-state index in [0.717, 1.165) is 19.5 Å². The largest absolute Gasteiger partial charge is 0.383 e. The van der Waals surface area contributed by atoms with E-state index in [4.69, 9.17) is 10.5 Å². The number of nitrogens with zero attached hydrogens (tertiary/aromatic N) is 1. The molecule has 0 aromatic carbocycles. The second-order valence-corrected chi connectivity index (χ2v) is 4.50. The molecule has 0 aromatic rings. The maximum Gasteiger partial charge on any atom is 0.237 e. The lowest BCUT2D eigenvalue weighted by Gasteiger charge is -2.20. The molecule has 0 aromatic heterocycles. The lowest BCUT2D eigenvalue weighted by atomic mass is 9.99. The SMILES string of the molecule is CCC(C)[C@H](N)C(=O)NCCN(C)CCOC. The third-order valence-electron chi connectivity index (χ3n) is 3.03. The molecule has 0 saturated carbocycles. The van der Waals surface area contributed by atoms with E-state index < -0.39 is 6.04 Å². The molecule has 0 heterocycles. The monoisotopic (exact) mass is 245 g/mol. The van der Waals surface area contributed by atoms with E-state index in [2.05, 4.69) is 10.2 Å². The molecular formula is C12H27N3O2. The van der Waals surface area contributed by atoms with Gasteiger partial charge in [0, 0.05) is 26.7 Å². The Kier molecular flexibility index (Phi) is 9.03. The number of nitrogens with one attached hydrogen (secondary N) is 1. The number of amides is 1. The van der Waals surface area contributed by atoms with Crippen molar-refractivity contribution in [1.29, 1.82) is 0 Å². The number of methoxy groups -OCH3 is 1. The highest BCUT2D eigenvalue weighted by molar-refractivity contribution is 5.81. The summed E-state index contributed by atoms with van der Waals surface area (Å²) in [6, 6.07) is -0.399. The quantitative estimate of drug-likeness (QED) is 0.602. The minimum atomic E-state index is -0.399. The van der Waals surface area contributed by atoms with Crippen molar-refractivity contribution in [2.24, 2.45) is 11.7 Å². The van der Waals surface area contributed by atoms with Gasteiger partial charge in [-0.05, 0) is 13.0 Å². The van der Waals surface area contributed by atoms with Gasteiger partial charge < -0.3 is 20.7 Å². The molecule has 0 radical (unpaired) electrons. The Morgan fingerprint density at radius 3 is 2.65 bits per heavy atom. The number of rotatable bonds is 9. The van der Waals surface area contributed by atoms with Crippen molar-refractivity contribution < 1.29 is 9.53 Å². The third-order valence-corrected chi connectivity index (χ3v) is 3.03. The summed E-state index contributed by atoms with van der Waals surface area (Å²) < 4.78 is 4.98. The minimum Gasteiger partial charge on any atom is -0.383 e. The van der Waals surface area contributed by atoms with E-state index in [9.17, 15) is 4.79 Å². The van der Waals surface area contributed by atoms with Gasteiger partial charge in [-0.15, -0.1) is 0 Å². The van der Waals surface area contributed by atoms with Gasteiger partial charge in [-0.3, -0.25) is 4.79 Å². The Morgan fingerprint density at radius 1 is 1.47 bits per heavy atom. The normalized spacial score (nSPS) is 14.7. The summed E-state index contributed by atoms with van der Waals surface area (Å²) in [5.41, 5.74) is 5.82. The summed E-state index contributed by atoms with van der Waals surface area (Å²) in [5.74, 6) is 0.167. The molecule has 0 saturated heterocycles. The molecule has 0 aliphatic heterocycles. The van der Waals surface area contributed by atoms with Gasteiger partial charge in [0.15, 0.2) is 0 Å². The van der Waals surface area contributed by atoms with E-state index in [1.165, 1.54) is 0 Å². The highest BCUT2D eigenvalue weighted by atomic mass is 16.5. The molecule has 0 rings (SSSR count). The van der Waals surface area contributed by atoms with Crippen LogP contribution >= 0.6 is 0 Å². The van der Waals surface area contributed by atoms with Gasteiger partial charge in [-0.25, -0.2) is 0 Å². The summed E-state index contributed by atoms with van der Waals surface area (Å²) in [4.78, 5) is 13.8. The van der Waals surface area contributed by atoms with Crippen LogP contribution in [0.15, 0.2) is 0 Å². The van der Waals surface area contributed by atoms with Crippen LogP contribution in [-0.4, -0.2) is 57.2 Å². The fraction of sp³-hybridized carbons (Fsp3) is 0.917. The van der Waals surface area contributed by atoms with Crippen LogP contribution in [0.1, 0.15) is 20.3 Å². The van der Waals surface area contributed by atoms with Gasteiger partial charge in [-0.1, -0.05) is 20.3 Å². The Morgan fingerprint density at radius 2 is 2.12 bits per heavy atom. The lowest BCUT2D eigenvalue weighted by Crippen LogP contribution is -2.46. The molecule has 17 heavy (non-hydrogen) atoms. The van der Waals surface area contributed by atoms with Gasteiger partial charge in [-0.2, -0.15) is 0 Å². The zero-order valence-electron chi connectivity index (χ0n) is 11.5. The van der Waals surface area contributed by atoms with Crippen LogP contribution in [-0.2, 0) is 9.53 Å². The number of carbonyl (C=O) groups excluding carboxylic acids is 1. The zero-order valence-corrected chi connectivity index (χ0v) is 11.5. The highest BCUT2D eigenvalue weighted by Gasteiger charge is 2.18. The Balaban J connectivity index is 3.70. The smallest absolute Gasteiger partial charge is 0.237 e. The van der Waals surface area contributed by atoms with Crippen molar-refractivity contribution in [2.75, 3.05) is 40.4 Å². The molecule has 1 unspecified atom stereocenters. The van der Waals surface area contributed by atoms with E-state index in [0.29, 0.717) is 13.2 Å². The molecule has 102 valence electrons. The molecule has 3 N–H and O–H groups in total. The van der Waals surface area contributed by atoms with E-state index in [-0.39, 0.29) is 11.8 Å². The van der Waals surface area contributed by atoms with E-state index in [1.807, 2.05) is 20.9 Å². The third kappa shape index (κ3) is 7.31. The molecule has 0 aliphatic rings. The first-order valence-electron chi connectivity index (χ1n) is 6.23. The molecule has 0 bridgehead atoms. The van der Waals surface area contributed by atoms with Crippen LogP contribution in [0.4, 0.5) is 0 Å². The topological polar surface area (TPSA) is 67.6 Å². The van der Waals surface area contributed by atoms with Crippen molar-refractivity contribution in [1.82, 2.24) is 10.2 Å². The average Bonchev–Trinajstić information content (AvgIpc) is 2.34. The Hall–Kier alpha value is -0.650. The average molecular weight is 245 g/mol. The second kappa shape index (κ2) is 9.39. The molecule has 2 atom stereocenters. The fourth-order valence-corrected chi connectivity index (χ4v) is 1.36. The maximum absolute atomic E-state index is 11.7. The number of ether oxygens (including phenoxy) is 1. The van der Waals surface area contributed by atoms with Gasteiger partial charge >= 0.3 is 0 Å². The van der Waals surface area contributed by atoms with Crippen molar-refractivity contribution in [3.8, 4) is 0 Å². The first-order valence-corrected chi connectivity index (χ1v) is 6.23. The summed E-state index contributed by atoms with van der Waals surface area (Å²) in [7, 11) is 3.68. The van der Waals surface area contributed by atoms with Gasteiger partial charge in [0.05, 0.1) is 12.6 Å². The standard InChI is InChI=1S/C12H27N3O2/c1-5-10(2)11(13)12(16)14-6-7-15(3)8-9-17-4/h10-11H,5-9,13H2,1-4H3,(H,14,16)/t10?,11-/m0/s1. The van der Waals surface area contributed by atoms with Crippen LogP contribution < -0.4 is 11.1 Å².